The van der Waals surface area contributed by atoms with Crippen molar-refractivity contribution in [3.63, 3.8) is 0 Å². The van der Waals surface area contributed by atoms with E-state index in [1.54, 1.807) is 24.3 Å². The average molecular weight is 346 g/mol. The van der Waals surface area contributed by atoms with Gasteiger partial charge in [-0.1, -0.05) is 35.9 Å². The van der Waals surface area contributed by atoms with E-state index in [2.05, 4.69) is 4.72 Å². The maximum absolute atomic E-state index is 12.1. The molecule has 2 aromatic rings. The Balaban J connectivity index is 2.15. The Hall–Kier alpha value is -1.41. The summed E-state index contributed by atoms with van der Waals surface area (Å²) in [5.74, 6) is -0.963. The van der Waals surface area contributed by atoms with Gasteiger partial charge in [-0.05, 0) is 23.3 Å². The number of carboxylic acid groups (broad SMARTS) is 1. The van der Waals surface area contributed by atoms with Crippen LogP contribution < -0.4 is 4.72 Å². The van der Waals surface area contributed by atoms with Gasteiger partial charge in [0.25, 0.3) is 0 Å². The van der Waals surface area contributed by atoms with E-state index in [9.17, 15) is 13.2 Å². The summed E-state index contributed by atoms with van der Waals surface area (Å²) >= 11 is 6.69. The van der Waals surface area contributed by atoms with Crippen molar-refractivity contribution in [1.82, 2.24) is 4.72 Å². The molecule has 0 fully saturated rings. The fourth-order valence-electron chi connectivity index (χ4n) is 1.75. The van der Waals surface area contributed by atoms with Gasteiger partial charge in [0.1, 0.15) is 4.21 Å². The topological polar surface area (TPSA) is 83.5 Å². The molecule has 0 spiro atoms. The molecule has 2 rings (SSSR count). The van der Waals surface area contributed by atoms with Crippen molar-refractivity contribution in [3.8, 4) is 0 Å². The molecule has 0 aliphatic rings. The molecule has 1 aromatic carbocycles. The van der Waals surface area contributed by atoms with Gasteiger partial charge in [-0.2, -0.15) is 0 Å². The molecular formula is C13H12ClNO4S2. The number of hydrogen-bond acceptors (Lipinski definition) is 4. The van der Waals surface area contributed by atoms with E-state index in [1.165, 1.54) is 12.1 Å². The van der Waals surface area contributed by atoms with Crippen molar-refractivity contribution in [3.05, 3.63) is 51.9 Å². The molecule has 5 nitrogen and oxygen atoms in total. The first kappa shape index (κ1) is 16.0. The lowest BCUT2D eigenvalue weighted by Gasteiger charge is -2.09. The van der Waals surface area contributed by atoms with Crippen LogP contribution in [-0.4, -0.2) is 19.5 Å². The van der Waals surface area contributed by atoms with Crippen LogP contribution in [0, 0.1) is 0 Å². The zero-order valence-electron chi connectivity index (χ0n) is 10.7. The molecule has 0 saturated carbocycles. The molecule has 1 heterocycles. The Morgan fingerprint density at radius 3 is 2.43 bits per heavy atom. The fraction of sp³-hybridized carbons (Fsp3) is 0.154. The van der Waals surface area contributed by atoms with E-state index < -0.39 is 16.0 Å². The van der Waals surface area contributed by atoms with Gasteiger partial charge in [0, 0.05) is 6.54 Å². The number of nitrogens with one attached hydrogen (secondary N) is 1. The highest BCUT2D eigenvalue weighted by Gasteiger charge is 2.17. The van der Waals surface area contributed by atoms with E-state index in [0.717, 1.165) is 11.3 Å². The highest BCUT2D eigenvalue weighted by atomic mass is 35.5. The average Bonchev–Trinajstić information content (AvgIpc) is 2.85. The number of halogens is 1. The van der Waals surface area contributed by atoms with Crippen LogP contribution in [0.5, 0.6) is 0 Å². The molecule has 21 heavy (non-hydrogen) atoms. The van der Waals surface area contributed by atoms with E-state index in [1.807, 2.05) is 0 Å². The predicted octanol–water partition coefficient (Wildman–Crippen LogP) is 2.51. The van der Waals surface area contributed by atoms with Crippen LogP contribution in [0.4, 0.5) is 0 Å². The van der Waals surface area contributed by atoms with Crippen LogP contribution in [0.15, 0.2) is 40.6 Å². The second-order valence-corrected chi connectivity index (χ2v) is 7.93. The predicted molar refractivity (Wildman–Crippen MR) is 81.1 cm³/mol. The third-order valence-electron chi connectivity index (χ3n) is 2.73. The Labute approximate surface area is 131 Å². The quantitative estimate of drug-likeness (QED) is 0.842. The normalized spacial score (nSPS) is 11.5. The molecule has 0 atom stereocenters. The van der Waals surface area contributed by atoms with Crippen molar-refractivity contribution < 1.29 is 18.3 Å². The molecule has 8 heteroatoms. The Kier molecular flexibility index (Phi) is 5.00. The van der Waals surface area contributed by atoms with Crippen LogP contribution in [0.3, 0.4) is 0 Å². The van der Waals surface area contributed by atoms with Crippen LogP contribution >= 0.6 is 22.9 Å². The molecule has 0 saturated heterocycles. The maximum atomic E-state index is 12.1. The largest absolute Gasteiger partial charge is 0.481 e. The van der Waals surface area contributed by atoms with Crippen molar-refractivity contribution in [2.24, 2.45) is 0 Å². The summed E-state index contributed by atoms with van der Waals surface area (Å²) in [6, 6.07) is 9.76. The van der Waals surface area contributed by atoms with E-state index in [-0.39, 0.29) is 17.2 Å². The standard InChI is InChI=1S/C13H12ClNO4S2/c14-11-5-6-13(20-11)21(18,19)15-8-10-4-2-1-3-9(10)7-12(16)17/h1-6,15H,7-8H2,(H,16,17). The number of benzene rings is 1. The van der Waals surface area contributed by atoms with Crippen molar-refractivity contribution in [2.45, 2.75) is 17.2 Å². The maximum Gasteiger partial charge on any atom is 0.307 e. The molecule has 0 amide bonds. The van der Waals surface area contributed by atoms with Gasteiger partial charge in [-0.15, -0.1) is 11.3 Å². The van der Waals surface area contributed by atoms with E-state index in [0.29, 0.717) is 15.5 Å². The van der Waals surface area contributed by atoms with Crippen molar-refractivity contribution in [1.29, 1.82) is 0 Å². The van der Waals surface area contributed by atoms with Gasteiger partial charge in [-0.3, -0.25) is 4.79 Å². The van der Waals surface area contributed by atoms with Crippen molar-refractivity contribution in [2.75, 3.05) is 0 Å². The first-order valence-corrected chi connectivity index (χ1v) is 8.60. The van der Waals surface area contributed by atoms with E-state index >= 15 is 0 Å². The molecule has 1 aromatic heterocycles. The molecule has 0 bridgehead atoms. The Morgan fingerprint density at radius 1 is 1.19 bits per heavy atom. The highest BCUT2D eigenvalue weighted by Crippen LogP contribution is 2.25. The zero-order chi connectivity index (χ0) is 15.5. The van der Waals surface area contributed by atoms with Crippen LogP contribution in [0.2, 0.25) is 4.34 Å². The molecule has 2 N–H and O–H groups in total. The minimum atomic E-state index is -3.65. The lowest BCUT2D eigenvalue weighted by molar-refractivity contribution is -0.136. The second kappa shape index (κ2) is 6.57. The van der Waals surface area contributed by atoms with Gasteiger partial charge >= 0.3 is 5.97 Å². The third-order valence-corrected chi connectivity index (χ3v) is 5.85. The minimum Gasteiger partial charge on any atom is -0.481 e. The second-order valence-electron chi connectivity index (χ2n) is 4.22. The summed E-state index contributed by atoms with van der Waals surface area (Å²) in [5, 5.41) is 8.85. The highest BCUT2D eigenvalue weighted by molar-refractivity contribution is 7.91. The minimum absolute atomic E-state index is 0.0291. The molecule has 0 aliphatic heterocycles. The number of rotatable bonds is 6. The number of carbonyl (C=O) groups is 1. The summed E-state index contributed by atoms with van der Waals surface area (Å²) in [6.07, 6.45) is -0.150. The molecule has 112 valence electrons. The molecule has 0 unspecified atom stereocenters. The Morgan fingerprint density at radius 2 is 1.86 bits per heavy atom. The SMILES string of the molecule is O=C(O)Cc1ccccc1CNS(=O)(=O)c1ccc(Cl)s1. The summed E-state index contributed by atoms with van der Waals surface area (Å²) in [7, 11) is -3.65. The van der Waals surface area contributed by atoms with Gasteiger partial charge in [0.15, 0.2) is 0 Å². The van der Waals surface area contributed by atoms with Gasteiger partial charge in [-0.25, -0.2) is 13.1 Å². The van der Waals surface area contributed by atoms with Gasteiger partial charge in [0.05, 0.1) is 10.8 Å². The third kappa shape index (κ3) is 4.28. The van der Waals surface area contributed by atoms with Gasteiger partial charge in [0.2, 0.25) is 10.0 Å². The molecular weight excluding hydrogens is 334 g/mol. The molecule has 0 aliphatic carbocycles. The van der Waals surface area contributed by atoms with E-state index in [4.69, 9.17) is 16.7 Å². The van der Waals surface area contributed by atoms with Gasteiger partial charge < -0.3 is 5.11 Å². The first-order valence-electron chi connectivity index (χ1n) is 5.92. The summed E-state index contributed by atoms with van der Waals surface area (Å²) in [4.78, 5) is 10.8. The Bertz CT molecular complexity index is 755. The fourth-order valence-corrected chi connectivity index (χ4v) is 4.29. The lowest BCUT2D eigenvalue weighted by atomic mass is 10.1. The zero-order valence-corrected chi connectivity index (χ0v) is 13.1. The molecule has 0 radical (unpaired) electrons. The monoisotopic (exact) mass is 345 g/mol. The lowest BCUT2D eigenvalue weighted by Crippen LogP contribution is -2.23. The summed E-state index contributed by atoms with van der Waals surface area (Å²) in [5.41, 5.74) is 1.21. The number of hydrogen-bond donors (Lipinski definition) is 2. The first-order chi connectivity index (χ1) is 9.88. The van der Waals surface area contributed by atoms with Crippen LogP contribution in [0.1, 0.15) is 11.1 Å². The summed E-state index contributed by atoms with van der Waals surface area (Å²) in [6.45, 7) is 0.0291. The van der Waals surface area contributed by atoms with Crippen molar-refractivity contribution >= 4 is 38.9 Å². The smallest absolute Gasteiger partial charge is 0.307 e. The number of thiophene rings is 1. The number of aliphatic carboxylic acids is 1. The van der Waals surface area contributed by atoms with Crippen LogP contribution in [0.25, 0.3) is 0 Å². The summed E-state index contributed by atoms with van der Waals surface area (Å²) < 4.78 is 27.1. The van der Waals surface area contributed by atoms with Crippen LogP contribution in [-0.2, 0) is 27.8 Å². The number of sulfonamides is 1. The number of carboxylic acids is 1.